The molecule has 2 aromatic heterocycles. The number of carbonyl (C=O) groups is 1. The van der Waals surface area contributed by atoms with E-state index in [4.69, 9.17) is 0 Å². The van der Waals surface area contributed by atoms with E-state index in [0.717, 1.165) is 35.7 Å². The topological polar surface area (TPSA) is 74.2 Å². The number of carbonyl (C=O) groups excluding carboxylic acids is 1. The van der Waals surface area contributed by atoms with E-state index in [1.54, 1.807) is 18.5 Å². The third-order valence-electron chi connectivity index (χ3n) is 5.13. The number of aromatic nitrogens is 3. The summed E-state index contributed by atoms with van der Waals surface area (Å²) in [4.78, 5) is 30.1. The lowest BCUT2D eigenvalue weighted by Gasteiger charge is -2.35. The van der Waals surface area contributed by atoms with Crippen LogP contribution in [0.2, 0.25) is 0 Å². The third kappa shape index (κ3) is 4.18. The Balaban J connectivity index is 1.44. The number of rotatable bonds is 4. The lowest BCUT2D eigenvalue weighted by Crippen LogP contribution is -2.49. The molecule has 7 nitrogen and oxygen atoms in total. The fraction of sp³-hybridized carbons (Fsp3) is 0.273. The van der Waals surface area contributed by atoms with Gasteiger partial charge >= 0.3 is 0 Å². The molecule has 7 heteroatoms. The highest BCUT2D eigenvalue weighted by Crippen LogP contribution is 2.22. The number of piperazine rings is 1. The van der Waals surface area contributed by atoms with Crippen molar-refractivity contribution >= 4 is 23.4 Å². The molecule has 3 aromatic rings. The van der Waals surface area contributed by atoms with Crippen molar-refractivity contribution in [3.63, 3.8) is 0 Å². The highest BCUT2D eigenvalue weighted by Gasteiger charge is 2.24. The largest absolute Gasteiger partial charge is 0.353 e. The van der Waals surface area contributed by atoms with E-state index < -0.39 is 0 Å². The average Bonchev–Trinajstić information content (AvgIpc) is 2.77. The monoisotopic (exact) mass is 388 g/mol. The van der Waals surface area contributed by atoms with Gasteiger partial charge in [0, 0.05) is 44.3 Å². The van der Waals surface area contributed by atoms with Crippen molar-refractivity contribution in [1.82, 2.24) is 19.9 Å². The highest BCUT2D eigenvalue weighted by atomic mass is 16.2. The Bertz CT molecular complexity index is 979. The zero-order chi connectivity index (χ0) is 20.2. The number of para-hydroxylation sites is 1. The molecule has 3 heterocycles. The smallest absolute Gasteiger partial charge is 0.272 e. The Morgan fingerprint density at radius 3 is 2.34 bits per heavy atom. The lowest BCUT2D eigenvalue weighted by atomic mass is 10.1. The van der Waals surface area contributed by atoms with Crippen molar-refractivity contribution in [3.8, 4) is 0 Å². The maximum absolute atomic E-state index is 13.0. The van der Waals surface area contributed by atoms with Crippen LogP contribution in [0.25, 0.3) is 0 Å². The van der Waals surface area contributed by atoms with Gasteiger partial charge in [0.2, 0.25) is 5.95 Å². The first-order valence-electron chi connectivity index (χ1n) is 9.73. The molecule has 1 N–H and O–H groups in total. The van der Waals surface area contributed by atoms with E-state index in [-0.39, 0.29) is 5.91 Å². The molecule has 1 aliphatic rings. The van der Waals surface area contributed by atoms with Crippen molar-refractivity contribution in [2.75, 3.05) is 36.4 Å². The van der Waals surface area contributed by atoms with Gasteiger partial charge in [-0.15, -0.1) is 0 Å². The molecular formula is C22H24N6O. The van der Waals surface area contributed by atoms with Crippen molar-refractivity contribution in [2.45, 2.75) is 13.8 Å². The number of nitrogens with zero attached hydrogens (tertiary/aromatic N) is 5. The summed E-state index contributed by atoms with van der Waals surface area (Å²) in [7, 11) is 0. The standard InChI is InChI=1S/C22H24N6O/c1-16-6-5-7-17(2)20(16)26-22-24-11-9-18(25-22)21(29)28-14-12-27(13-15-28)19-8-3-4-10-23-19/h3-11H,12-15H2,1-2H3,(H,24,25,26). The van der Waals surface area contributed by atoms with E-state index in [0.29, 0.717) is 24.7 Å². The first kappa shape index (κ1) is 18.9. The minimum atomic E-state index is -0.0716. The van der Waals surface area contributed by atoms with E-state index in [2.05, 4.69) is 25.2 Å². The van der Waals surface area contributed by atoms with Crippen LogP contribution in [0.5, 0.6) is 0 Å². The summed E-state index contributed by atoms with van der Waals surface area (Å²) >= 11 is 0. The maximum atomic E-state index is 13.0. The number of pyridine rings is 1. The summed E-state index contributed by atoms with van der Waals surface area (Å²) in [5.41, 5.74) is 3.59. The normalized spacial score (nSPS) is 14.0. The summed E-state index contributed by atoms with van der Waals surface area (Å²) in [5, 5.41) is 3.26. The molecule has 0 unspecified atom stereocenters. The maximum Gasteiger partial charge on any atom is 0.272 e. The van der Waals surface area contributed by atoms with Crippen molar-refractivity contribution in [1.29, 1.82) is 0 Å². The molecule has 1 aliphatic heterocycles. The van der Waals surface area contributed by atoms with Gasteiger partial charge in [0.25, 0.3) is 5.91 Å². The summed E-state index contributed by atoms with van der Waals surface area (Å²) in [6, 6.07) is 13.6. The molecule has 0 radical (unpaired) electrons. The highest BCUT2D eigenvalue weighted by molar-refractivity contribution is 5.92. The van der Waals surface area contributed by atoms with Gasteiger partial charge in [-0.3, -0.25) is 4.79 Å². The molecular weight excluding hydrogens is 364 g/mol. The van der Waals surface area contributed by atoms with Crippen molar-refractivity contribution in [2.24, 2.45) is 0 Å². The van der Waals surface area contributed by atoms with Gasteiger partial charge in [0.05, 0.1) is 0 Å². The quantitative estimate of drug-likeness (QED) is 0.740. The fourth-order valence-corrected chi connectivity index (χ4v) is 3.50. The summed E-state index contributed by atoms with van der Waals surface area (Å²) in [5.74, 6) is 1.31. The zero-order valence-corrected chi connectivity index (χ0v) is 16.7. The number of hydrogen-bond donors (Lipinski definition) is 1. The molecule has 1 saturated heterocycles. The summed E-state index contributed by atoms with van der Waals surface area (Å²) < 4.78 is 0. The van der Waals surface area contributed by atoms with Crippen LogP contribution >= 0.6 is 0 Å². The Kier molecular flexibility index (Phi) is 5.37. The van der Waals surface area contributed by atoms with Crippen LogP contribution in [0.1, 0.15) is 21.6 Å². The predicted octanol–water partition coefficient (Wildman–Crippen LogP) is 3.19. The molecule has 148 valence electrons. The van der Waals surface area contributed by atoms with Gasteiger partial charge < -0.3 is 15.1 Å². The number of hydrogen-bond acceptors (Lipinski definition) is 6. The number of anilines is 3. The first-order valence-corrected chi connectivity index (χ1v) is 9.73. The zero-order valence-electron chi connectivity index (χ0n) is 16.7. The summed E-state index contributed by atoms with van der Waals surface area (Å²) in [6.45, 7) is 6.84. The van der Waals surface area contributed by atoms with Crippen LogP contribution in [0, 0.1) is 13.8 Å². The Morgan fingerprint density at radius 1 is 0.897 bits per heavy atom. The second kappa shape index (κ2) is 8.26. The number of amides is 1. The molecule has 0 atom stereocenters. The molecule has 29 heavy (non-hydrogen) atoms. The van der Waals surface area contributed by atoms with Gasteiger partial charge in [0.15, 0.2) is 0 Å². The Morgan fingerprint density at radius 2 is 1.66 bits per heavy atom. The Hall–Kier alpha value is -3.48. The van der Waals surface area contributed by atoms with E-state index in [1.807, 2.05) is 55.1 Å². The van der Waals surface area contributed by atoms with Crippen LogP contribution < -0.4 is 10.2 Å². The molecule has 0 spiro atoms. The summed E-state index contributed by atoms with van der Waals surface area (Å²) in [6.07, 6.45) is 3.42. The van der Waals surface area contributed by atoms with Crippen LogP contribution in [0.4, 0.5) is 17.5 Å². The van der Waals surface area contributed by atoms with Crippen LogP contribution in [0.3, 0.4) is 0 Å². The number of nitrogens with one attached hydrogen (secondary N) is 1. The second-order valence-corrected chi connectivity index (χ2v) is 7.12. The average molecular weight is 388 g/mol. The second-order valence-electron chi connectivity index (χ2n) is 7.12. The Labute approximate surface area is 170 Å². The molecule has 0 saturated carbocycles. The van der Waals surface area contributed by atoms with Gasteiger partial charge in [-0.25, -0.2) is 15.0 Å². The van der Waals surface area contributed by atoms with E-state index in [9.17, 15) is 4.79 Å². The van der Waals surface area contributed by atoms with Crippen LogP contribution in [-0.4, -0.2) is 51.9 Å². The molecule has 1 amide bonds. The van der Waals surface area contributed by atoms with Gasteiger partial charge in [-0.1, -0.05) is 24.3 Å². The molecule has 0 aliphatic carbocycles. The van der Waals surface area contributed by atoms with Crippen LogP contribution in [-0.2, 0) is 0 Å². The van der Waals surface area contributed by atoms with Crippen LogP contribution in [0.15, 0.2) is 54.9 Å². The molecule has 1 aromatic carbocycles. The molecule has 0 bridgehead atoms. The van der Waals surface area contributed by atoms with E-state index >= 15 is 0 Å². The minimum Gasteiger partial charge on any atom is -0.353 e. The van der Waals surface area contributed by atoms with Gasteiger partial charge in [0.1, 0.15) is 11.5 Å². The van der Waals surface area contributed by atoms with Gasteiger partial charge in [-0.05, 0) is 43.2 Å². The molecule has 1 fully saturated rings. The van der Waals surface area contributed by atoms with Crippen molar-refractivity contribution < 1.29 is 4.79 Å². The van der Waals surface area contributed by atoms with Gasteiger partial charge in [-0.2, -0.15) is 0 Å². The number of aryl methyl sites for hydroxylation is 2. The lowest BCUT2D eigenvalue weighted by molar-refractivity contribution is 0.0740. The first-order chi connectivity index (χ1) is 14.1. The SMILES string of the molecule is Cc1cccc(C)c1Nc1nccc(C(=O)N2CCN(c3ccccn3)CC2)n1. The predicted molar refractivity (Wildman–Crippen MR) is 114 cm³/mol. The molecule has 4 rings (SSSR count). The third-order valence-corrected chi connectivity index (χ3v) is 5.13. The number of benzene rings is 1. The van der Waals surface area contributed by atoms with E-state index in [1.165, 1.54) is 0 Å². The minimum absolute atomic E-state index is 0.0716. The fourth-order valence-electron chi connectivity index (χ4n) is 3.50. The van der Waals surface area contributed by atoms with Crippen molar-refractivity contribution in [3.05, 3.63) is 71.7 Å².